The summed E-state index contributed by atoms with van der Waals surface area (Å²) in [4.78, 5) is 14.4. The third-order valence-electron chi connectivity index (χ3n) is 4.99. The Morgan fingerprint density at radius 1 is 1.17 bits per heavy atom. The Bertz CT molecular complexity index is 515. The van der Waals surface area contributed by atoms with Gasteiger partial charge in [-0.15, -0.1) is 0 Å². The molecule has 132 valence electrons. The third kappa shape index (κ3) is 4.56. The SMILES string of the molecule is NC[C@H]1CC[C@@H](C(=O)N2CCC(OCCc3ccccc3)CC2)O1. The van der Waals surface area contributed by atoms with Gasteiger partial charge in [0.15, 0.2) is 0 Å². The summed E-state index contributed by atoms with van der Waals surface area (Å²) >= 11 is 0. The summed E-state index contributed by atoms with van der Waals surface area (Å²) in [5.74, 6) is 0.133. The van der Waals surface area contributed by atoms with Crippen molar-refractivity contribution in [1.82, 2.24) is 4.90 Å². The van der Waals surface area contributed by atoms with Crippen LogP contribution in [0.4, 0.5) is 0 Å². The molecule has 1 aromatic carbocycles. The van der Waals surface area contributed by atoms with E-state index in [9.17, 15) is 4.79 Å². The second-order valence-corrected chi connectivity index (χ2v) is 6.69. The van der Waals surface area contributed by atoms with Gasteiger partial charge in [0, 0.05) is 19.6 Å². The molecule has 2 aliphatic rings. The minimum absolute atomic E-state index is 0.0535. The zero-order chi connectivity index (χ0) is 16.8. The Kier molecular flexibility index (Phi) is 6.24. The molecule has 3 rings (SSSR count). The summed E-state index contributed by atoms with van der Waals surface area (Å²) in [6.07, 6.45) is 4.49. The van der Waals surface area contributed by atoms with E-state index < -0.39 is 0 Å². The lowest BCUT2D eigenvalue weighted by atomic mass is 10.1. The van der Waals surface area contributed by atoms with Crippen LogP contribution in [0.5, 0.6) is 0 Å². The lowest BCUT2D eigenvalue weighted by Gasteiger charge is -2.33. The summed E-state index contributed by atoms with van der Waals surface area (Å²) in [6.45, 7) is 2.78. The van der Waals surface area contributed by atoms with E-state index in [1.807, 2.05) is 11.0 Å². The van der Waals surface area contributed by atoms with Gasteiger partial charge in [-0.05, 0) is 37.7 Å². The second kappa shape index (κ2) is 8.60. The molecule has 24 heavy (non-hydrogen) atoms. The number of nitrogens with two attached hydrogens (primary N) is 1. The maximum atomic E-state index is 12.5. The molecule has 0 saturated carbocycles. The fourth-order valence-electron chi connectivity index (χ4n) is 3.50. The summed E-state index contributed by atoms with van der Waals surface area (Å²) in [5.41, 5.74) is 6.92. The number of piperidine rings is 1. The zero-order valence-electron chi connectivity index (χ0n) is 14.2. The number of benzene rings is 1. The van der Waals surface area contributed by atoms with Crippen LogP contribution >= 0.6 is 0 Å². The predicted octanol–water partition coefficient (Wildman–Crippen LogP) is 1.74. The maximum absolute atomic E-state index is 12.5. The van der Waals surface area contributed by atoms with E-state index in [0.29, 0.717) is 6.54 Å². The van der Waals surface area contributed by atoms with Gasteiger partial charge >= 0.3 is 0 Å². The van der Waals surface area contributed by atoms with Crippen molar-refractivity contribution in [2.75, 3.05) is 26.2 Å². The summed E-state index contributed by atoms with van der Waals surface area (Å²) < 4.78 is 11.7. The first-order chi connectivity index (χ1) is 11.8. The molecule has 0 radical (unpaired) electrons. The third-order valence-corrected chi connectivity index (χ3v) is 4.99. The Hall–Kier alpha value is -1.43. The predicted molar refractivity (Wildman–Crippen MR) is 92.6 cm³/mol. The minimum atomic E-state index is -0.283. The van der Waals surface area contributed by atoms with Crippen LogP contribution in [0.25, 0.3) is 0 Å². The lowest BCUT2D eigenvalue weighted by Crippen LogP contribution is -2.45. The quantitative estimate of drug-likeness (QED) is 0.862. The lowest BCUT2D eigenvalue weighted by molar-refractivity contribution is -0.145. The average molecular weight is 332 g/mol. The topological polar surface area (TPSA) is 64.8 Å². The molecule has 2 fully saturated rings. The molecule has 5 nitrogen and oxygen atoms in total. The van der Waals surface area contributed by atoms with E-state index in [-0.39, 0.29) is 24.2 Å². The molecule has 0 aliphatic carbocycles. The molecular formula is C19H28N2O3. The largest absolute Gasteiger partial charge is 0.378 e. The van der Waals surface area contributed by atoms with Gasteiger partial charge in [-0.2, -0.15) is 0 Å². The van der Waals surface area contributed by atoms with Gasteiger partial charge < -0.3 is 20.1 Å². The fourth-order valence-corrected chi connectivity index (χ4v) is 3.50. The molecule has 1 aromatic rings. The molecule has 1 amide bonds. The average Bonchev–Trinajstić information content (AvgIpc) is 3.12. The van der Waals surface area contributed by atoms with Gasteiger partial charge in [0.25, 0.3) is 5.91 Å². The Morgan fingerprint density at radius 3 is 2.58 bits per heavy atom. The van der Waals surface area contributed by atoms with Crippen LogP contribution in [-0.4, -0.2) is 55.4 Å². The van der Waals surface area contributed by atoms with Crippen LogP contribution in [-0.2, 0) is 20.7 Å². The van der Waals surface area contributed by atoms with Crippen molar-refractivity contribution in [2.45, 2.75) is 50.4 Å². The van der Waals surface area contributed by atoms with Gasteiger partial charge in [-0.25, -0.2) is 0 Å². The number of carbonyl (C=O) groups excluding carboxylic acids is 1. The summed E-state index contributed by atoms with van der Waals surface area (Å²) in [7, 11) is 0. The maximum Gasteiger partial charge on any atom is 0.251 e. The van der Waals surface area contributed by atoms with Crippen LogP contribution in [0.1, 0.15) is 31.2 Å². The van der Waals surface area contributed by atoms with Crippen LogP contribution in [0.2, 0.25) is 0 Å². The number of hydrogen-bond acceptors (Lipinski definition) is 4. The van der Waals surface area contributed by atoms with Gasteiger partial charge in [-0.1, -0.05) is 30.3 Å². The standard InChI is InChI=1S/C19H28N2O3/c20-14-17-6-7-18(24-17)19(22)21-11-8-16(9-12-21)23-13-10-15-4-2-1-3-5-15/h1-5,16-18H,6-14,20H2/t17-,18+/m1/s1. The van der Waals surface area contributed by atoms with Crippen molar-refractivity contribution in [3.63, 3.8) is 0 Å². The van der Waals surface area contributed by atoms with Gasteiger partial charge in [0.2, 0.25) is 0 Å². The monoisotopic (exact) mass is 332 g/mol. The number of rotatable bonds is 6. The molecule has 2 heterocycles. The Morgan fingerprint density at radius 2 is 1.92 bits per heavy atom. The number of amides is 1. The number of ether oxygens (including phenoxy) is 2. The number of hydrogen-bond donors (Lipinski definition) is 1. The van der Waals surface area contributed by atoms with Crippen LogP contribution in [0, 0.1) is 0 Å². The highest BCUT2D eigenvalue weighted by atomic mass is 16.5. The van der Waals surface area contributed by atoms with E-state index in [2.05, 4.69) is 24.3 Å². The van der Waals surface area contributed by atoms with Crippen molar-refractivity contribution < 1.29 is 14.3 Å². The first-order valence-corrected chi connectivity index (χ1v) is 9.06. The Balaban J connectivity index is 1.36. The highest BCUT2D eigenvalue weighted by Gasteiger charge is 2.34. The molecule has 2 aliphatic heterocycles. The van der Waals surface area contributed by atoms with E-state index in [1.54, 1.807) is 0 Å². The molecule has 5 heteroatoms. The first-order valence-electron chi connectivity index (χ1n) is 9.06. The van der Waals surface area contributed by atoms with Crippen molar-refractivity contribution >= 4 is 5.91 Å². The molecule has 2 atom stereocenters. The normalized spacial score (nSPS) is 25.1. The van der Waals surface area contributed by atoms with E-state index in [4.69, 9.17) is 15.2 Å². The van der Waals surface area contributed by atoms with Gasteiger partial charge in [0.05, 0.1) is 18.8 Å². The van der Waals surface area contributed by atoms with Crippen LogP contribution in [0.3, 0.4) is 0 Å². The molecule has 2 N–H and O–H groups in total. The molecule has 0 aromatic heterocycles. The summed E-state index contributed by atoms with van der Waals surface area (Å²) in [5, 5.41) is 0. The number of nitrogens with zero attached hydrogens (tertiary/aromatic N) is 1. The molecular weight excluding hydrogens is 304 g/mol. The smallest absolute Gasteiger partial charge is 0.251 e. The van der Waals surface area contributed by atoms with E-state index in [0.717, 1.165) is 51.8 Å². The zero-order valence-corrected chi connectivity index (χ0v) is 14.2. The highest BCUT2D eigenvalue weighted by molar-refractivity contribution is 5.81. The van der Waals surface area contributed by atoms with Crippen LogP contribution in [0.15, 0.2) is 30.3 Å². The fraction of sp³-hybridized carbons (Fsp3) is 0.632. The molecule has 0 unspecified atom stereocenters. The van der Waals surface area contributed by atoms with Crippen molar-refractivity contribution in [3.05, 3.63) is 35.9 Å². The van der Waals surface area contributed by atoms with E-state index in [1.165, 1.54) is 5.56 Å². The Labute approximate surface area is 144 Å². The van der Waals surface area contributed by atoms with Crippen molar-refractivity contribution in [1.29, 1.82) is 0 Å². The highest BCUT2D eigenvalue weighted by Crippen LogP contribution is 2.23. The number of likely N-dealkylation sites (tertiary alicyclic amines) is 1. The van der Waals surface area contributed by atoms with Crippen molar-refractivity contribution in [2.24, 2.45) is 5.73 Å². The number of carbonyl (C=O) groups is 1. The van der Waals surface area contributed by atoms with Gasteiger partial charge in [-0.3, -0.25) is 4.79 Å². The van der Waals surface area contributed by atoms with Gasteiger partial charge in [0.1, 0.15) is 6.10 Å². The summed E-state index contributed by atoms with van der Waals surface area (Å²) in [6, 6.07) is 10.4. The minimum Gasteiger partial charge on any atom is -0.378 e. The second-order valence-electron chi connectivity index (χ2n) is 6.69. The molecule has 2 saturated heterocycles. The van der Waals surface area contributed by atoms with Crippen LogP contribution < -0.4 is 5.73 Å². The molecule has 0 bridgehead atoms. The van der Waals surface area contributed by atoms with Crippen molar-refractivity contribution in [3.8, 4) is 0 Å². The molecule has 0 spiro atoms. The first kappa shape index (κ1) is 17.4. The van der Waals surface area contributed by atoms with E-state index >= 15 is 0 Å².